The van der Waals surface area contributed by atoms with Gasteiger partial charge in [0.2, 0.25) is 0 Å². The van der Waals surface area contributed by atoms with Crippen LogP contribution < -0.4 is 4.74 Å². The van der Waals surface area contributed by atoms with Crippen LogP contribution in [-0.4, -0.2) is 53.1 Å². The minimum absolute atomic E-state index is 0.0451. The number of aryl methyl sites for hydroxylation is 1. The number of hydrogen-bond donors (Lipinski definition) is 0. The normalized spacial score (nSPS) is 10.9. The minimum atomic E-state index is -0.0451. The molecule has 0 fully saturated rings. The number of amides is 1. The number of nitrogens with zero attached hydrogens (tertiary/aromatic N) is 4. The summed E-state index contributed by atoms with van der Waals surface area (Å²) in [7, 11) is 3.80. The summed E-state index contributed by atoms with van der Waals surface area (Å²) in [6.07, 6.45) is 3.23. The molecule has 0 aliphatic carbocycles. The molecule has 0 spiro atoms. The van der Waals surface area contributed by atoms with E-state index in [-0.39, 0.29) is 5.91 Å². The third-order valence-electron chi connectivity index (χ3n) is 4.45. The Morgan fingerprint density at radius 3 is 2.45 bits per heavy atom. The molecule has 7 nitrogen and oxygen atoms in total. The van der Waals surface area contributed by atoms with Crippen LogP contribution in [-0.2, 0) is 13.1 Å². The summed E-state index contributed by atoms with van der Waals surface area (Å²) < 4.78 is 11.0. The third-order valence-corrected chi connectivity index (χ3v) is 4.45. The lowest BCUT2D eigenvalue weighted by molar-refractivity contribution is 0.0773. The van der Waals surface area contributed by atoms with Crippen molar-refractivity contribution in [3.63, 3.8) is 0 Å². The molecule has 1 amide bonds. The Bertz CT molecular complexity index is 909. The predicted octanol–water partition coefficient (Wildman–Crippen LogP) is 3.16. The van der Waals surface area contributed by atoms with Crippen molar-refractivity contribution in [2.24, 2.45) is 0 Å². The third kappa shape index (κ3) is 6.15. The van der Waals surface area contributed by atoms with Crippen molar-refractivity contribution >= 4 is 5.91 Å². The molecule has 0 saturated heterocycles. The second-order valence-electron chi connectivity index (χ2n) is 7.06. The molecule has 0 aliphatic heterocycles. The van der Waals surface area contributed by atoms with Crippen LogP contribution in [0.2, 0.25) is 0 Å². The molecule has 0 unspecified atom stereocenters. The first-order valence-corrected chi connectivity index (χ1v) is 9.49. The van der Waals surface area contributed by atoms with E-state index in [1.807, 2.05) is 44.3 Å². The van der Waals surface area contributed by atoms with Crippen molar-refractivity contribution in [1.82, 2.24) is 19.9 Å². The highest BCUT2D eigenvalue weighted by atomic mass is 16.5. The van der Waals surface area contributed by atoms with Crippen molar-refractivity contribution in [1.29, 1.82) is 0 Å². The molecule has 152 valence electrons. The van der Waals surface area contributed by atoms with Gasteiger partial charge in [-0.3, -0.25) is 14.7 Å². The minimum Gasteiger partial charge on any atom is -0.492 e. The van der Waals surface area contributed by atoms with Crippen LogP contribution in [0.15, 0.2) is 59.4 Å². The van der Waals surface area contributed by atoms with Crippen LogP contribution in [0.1, 0.15) is 27.4 Å². The van der Waals surface area contributed by atoms with Gasteiger partial charge in [0.05, 0.1) is 18.8 Å². The molecule has 29 heavy (non-hydrogen) atoms. The van der Waals surface area contributed by atoms with Crippen molar-refractivity contribution in [3.05, 3.63) is 77.4 Å². The Hall–Kier alpha value is -3.19. The summed E-state index contributed by atoms with van der Waals surface area (Å²) in [4.78, 5) is 20.0. The second kappa shape index (κ2) is 9.84. The van der Waals surface area contributed by atoms with Gasteiger partial charge in [-0.2, -0.15) is 0 Å². The fraction of sp³-hybridized carbons (Fsp3) is 0.318. The van der Waals surface area contributed by atoms with Crippen molar-refractivity contribution < 1.29 is 14.1 Å². The largest absolute Gasteiger partial charge is 0.492 e. The number of rotatable bonds is 9. The van der Waals surface area contributed by atoms with Gasteiger partial charge in [0.1, 0.15) is 12.4 Å². The van der Waals surface area contributed by atoms with Gasteiger partial charge in [-0.1, -0.05) is 17.3 Å². The van der Waals surface area contributed by atoms with Crippen molar-refractivity contribution in [3.8, 4) is 5.75 Å². The number of carbonyl (C=O) groups is 1. The molecule has 0 N–H and O–H groups in total. The van der Waals surface area contributed by atoms with E-state index >= 15 is 0 Å². The maximum Gasteiger partial charge on any atom is 0.253 e. The molecular formula is C22H26N4O3. The van der Waals surface area contributed by atoms with Crippen LogP contribution in [0.4, 0.5) is 0 Å². The molecule has 0 saturated carbocycles. The van der Waals surface area contributed by atoms with Gasteiger partial charge in [0.15, 0.2) is 5.76 Å². The summed E-state index contributed by atoms with van der Waals surface area (Å²) in [5.41, 5.74) is 2.69. The monoisotopic (exact) mass is 394 g/mol. The van der Waals surface area contributed by atoms with Gasteiger partial charge in [-0.25, -0.2) is 0 Å². The highest BCUT2D eigenvalue weighted by Crippen LogP contribution is 2.15. The Kier molecular flexibility index (Phi) is 6.97. The fourth-order valence-corrected chi connectivity index (χ4v) is 2.93. The van der Waals surface area contributed by atoms with Crippen LogP contribution in [0.3, 0.4) is 0 Å². The zero-order valence-electron chi connectivity index (χ0n) is 17.0. The first-order valence-electron chi connectivity index (χ1n) is 9.49. The molecule has 0 atom stereocenters. The summed E-state index contributed by atoms with van der Waals surface area (Å²) >= 11 is 0. The van der Waals surface area contributed by atoms with Crippen LogP contribution in [0.5, 0.6) is 5.75 Å². The summed E-state index contributed by atoms with van der Waals surface area (Å²) in [6, 6.07) is 13.4. The SMILES string of the molecule is Cc1cc(CN(C)Cc2ccc(OCCN(C)C(=O)c3ccncc3)cc2)on1. The Balaban J connectivity index is 1.42. The van der Waals surface area contributed by atoms with Crippen LogP contribution in [0.25, 0.3) is 0 Å². The molecule has 7 heteroatoms. The van der Waals surface area contributed by atoms with Gasteiger partial charge in [0, 0.05) is 37.6 Å². The predicted molar refractivity (Wildman–Crippen MR) is 110 cm³/mol. The first kappa shape index (κ1) is 20.5. The fourth-order valence-electron chi connectivity index (χ4n) is 2.93. The van der Waals surface area contributed by atoms with Gasteiger partial charge >= 0.3 is 0 Å². The number of aromatic nitrogens is 2. The number of hydrogen-bond acceptors (Lipinski definition) is 6. The number of ether oxygens (including phenoxy) is 1. The highest BCUT2D eigenvalue weighted by Gasteiger charge is 2.11. The molecule has 3 rings (SSSR count). The first-order chi connectivity index (χ1) is 14.0. The standard InChI is InChI=1S/C22H26N4O3/c1-17-14-21(29-24-17)16-25(2)15-18-4-6-20(7-5-18)28-13-12-26(3)22(27)19-8-10-23-11-9-19/h4-11,14H,12-13,15-16H2,1-3H3. The van der Waals surface area contributed by atoms with Crippen LogP contribution >= 0.6 is 0 Å². The second-order valence-corrected chi connectivity index (χ2v) is 7.06. The van der Waals surface area contributed by atoms with Crippen molar-refractivity contribution in [2.75, 3.05) is 27.2 Å². The Morgan fingerprint density at radius 1 is 1.07 bits per heavy atom. The molecule has 3 aromatic rings. The topological polar surface area (TPSA) is 71.7 Å². The lowest BCUT2D eigenvalue weighted by atomic mass is 10.2. The van der Waals surface area contributed by atoms with E-state index in [0.717, 1.165) is 23.7 Å². The molecule has 2 aromatic heterocycles. The molecule has 0 aliphatic rings. The van der Waals surface area contributed by atoms with E-state index in [1.54, 1.807) is 36.5 Å². The molecule has 0 bridgehead atoms. The Morgan fingerprint density at radius 2 is 1.79 bits per heavy atom. The smallest absolute Gasteiger partial charge is 0.253 e. The van der Waals surface area contributed by atoms with E-state index < -0.39 is 0 Å². The molecule has 1 aromatic carbocycles. The van der Waals surface area contributed by atoms with E-state index in [0.29, 0.717) is 25.3 Å². The van der Waals surface area contributed by atoms with E-state index in [1.165, 1.54) is 5.56 Å². The summed E-state index contributed by atoms with van der Waals surface area (Å²) in [6.45, 7) is 4.35. The van der Waals surface area contributed by atoms with Crippen molar-refractivity contribution in [2.45, 2.75) is 20.0 Å². The number of likely N-dealkylation sites (N-methyl/N-ethyl adjacent to an activating group) is 1. The average molecular weight is 394 g/mol. The van der Waals surface area contributed by atoms with Gasteiger partial charge in [-0.15, -0.1) is 0 Å². The number of benzene rings is 1. The number of carbonyl (C=O) groups excluding carboxylic acids is 1. The molecule has 0 radical (unpaired) electrons. The van der Waals surface area contributed by atoms with Gasteiger partial charge < -0.3 is 14.2 Å². The highest BCUT2D eigenvalue weighted by molar-refractivity contribution is 5.93. The maximum atomic E-state index is 12.3. The molecule has 2 heterocycles. The molecular weight excluding hydrogens is 368 g/mol. The summed E-state index contributed by atoms with van der Waals surface area (Å²) in [5, 5.41) is 3.91. The van der Waals surface area contributed by atoms with E-state index in [2.05, 4.69) is 15.0 Å². The lowest BCUT2D eigenvalue weighted by Gasteiger charge is -2.18. The average Bonchev–Trinajstić information content (AvgIpc) is 3.13. The zero-order valence-corrected chi connectivity index (χ0v) is 17.0. The van der Waals surface area contributed by atoms with Gasteiger partial charge in [-0.05, 0) is 43.8 Å². The lowest BCUT2D eigenvalue weighted by Crippen LogP contribution is -2.30. The van der Waals surface area contributed by atoms with E-state index in [9.17, 15) is 4.79 Å². The maximum absolute atomic E-state index is 12.3. The summed E-state index contributed by atoms with van der Waals surface area (Å²) in [5.74, 6) is 1.60. The van der Waals surface area contributed by atoms with Crippen LogP contribution in [0, 0.1) is 6.92 Å². The quantitative estimate of drug-likeness (QED) is 0.555. The van der Waals surface area contributed by atoms with Gasteiger partial charge in [0.25, 0.3) is 5.91 Å². The number of pyridine rings is 1. The zero-order chi connectivity index (χ0) is 20.6. The Labute approximate surface area is 170 Å². The van der Waals surface area contributed by atoms with E-state index in [4.69, 9.17) is 9.26 Å².